The number of likely N-dealkylation sites (tertiary alicyclic amines) is 1. The number of hydrogen-bond donors (Lipinski definition) is 1. The Hall–Kier alpha value is -0.900. The lowest BCUT2D eigenvalue weighted by Crippen LogP contribution is -2.47. The summed E-state index contributed by atoms with van der Waals surface area (Å²) < 4.78 is 5.29. The van der Waals surface area contributed by atoms with Crippen LogP contribution in [0, 0.1) is 0 Å². The van der Waals surface area contributed by atoms with Crippen molar-refractivity contribution in [2.24, 2.45) is 0 Å². The van der Waals surface area contributed by atoms with E-state index in [1.807, 2.05) is 0 Å². The van der Waals surface area contributed by atoms with E-state index in [9.17, 15) is 0 Å². The second-order valence-corrected chi connectivity index (χ2v) is 5.51. The van der Waals surface area contributed by atoms with Gasteiger partial charge in [-0.3, -0.25) is 4.90 Å². The van der Waals surface area contributed by atoms with Crippen LogP contribution in [0.5, 0.6) is 0 Å². The molecule has 0 radical (unpaired) electrons. The van der Waals surface area contributed by atoms with Crippen molar-refractivity contribution in [1.29, 1.82) is 0 Å². The molecule has 3 heteroatoms. The predicted octanol–water partition coefficient (Wildman–Crippen LogP) is 2.28. The molecular weight excluding hydrogens is 236 g/mol. The Labute approximate surface area is 116 Å². The normalized spacial score (nSPS) is 22.3. The fraction of sp³-hybridized carbons (Fsp3) is 0.625. The molecule has 1 aliphatic rings. The average molecular weight is 262 g/mol. The predicted molar refractivity (Wildman–Crippen MR) is 79.2 cm³/mol. The minimum atomic E-state index is 0.296. The van der Waals surface area contributed by atoms with Gasteiger partial charge in [0.1, 0.15) is 0 Å². The van der Waals surface area contributed by atoms with E-state index >= 15 is 0 Å². The Bertz CT molecular complexity index is 355. The smallest absolute Gasteiger partial charge is 0.0667 e. The molecule has 0 bridgehead atoms. The first kappa shape index (κ1) is 14.5. The number of methoxy groups -OCH3 is 1. The van der Waals surface area contributed by atoms with Crippen molar-refractivity contribution in [3.63, 3.8) is 0 Å². The molecule has 1 saturated heterocycles. The molecule has 0 aromatic heterocycles. The summed E-state index contributed by atoms with van der Waals surface area (Å²) in [6.07, 6.45) is 2.86. The van der Waals surface area contributed by atoms with Gasteiger partial charge in [-0.15, -0.1) is 0 Å². The van der Waals surface area contributed by atoms with Crippen LogP contribution in [0.15, 0.2) is 30.3 Å². The van der Waals surface area contributed by atoms with Gasteiger partial charge < -0.3 is 10.1 Å². The van der Waals surface area contributed by atoms with E-state index in [1.54, 1.807) is 7.11 Å². The lowest BCUT2D eigenvalue weighted by atomic mass is 10.0. The maximum absolute atomic E-state index is 5.29. The fourth-order valence-corrected chi connectivity index (χ4v) is 2.62. The third kappa shape index (κ3) is 4.94. The van der Waals surface area contributed by atoms with Gasteiger partial charge in [0, 0.05) is 32.8 Å². The summed E-state index contributed by atoms with van der Waals surface area (Å²) in [5.74, 6) is 0. The molecule has 106 valence electrons. The van der Waals surface area contributed by atoms with E-state index in [0.717, 1.165) is 19.6 Å². The summed E-state index contributed by atoms with van der Waals surface area (Å²) in [7, 11) is 1.77. The van der Waals surface area contributed by atoms with Gasteiger partial charge in [0.2, 0.25) is 0 Å². The van der Waals surface area contributed by atoms with Crippen molar-refractivity contribution >= 4 is 0 Å². The summed E-state index contributed by atoms with van der Waals surface area (Å²) in [5.41, 5.74) is 1.41. The van der Waals surface area contributed by atoms with E-state index in [0.29, 0.717) is 12.1 Å². The number of ether oxygens (including phenoxy) is 1. The SMILES string of the molecule is COC(C)CNC1CCCN(Cc2ccccc2)C1. The molecular formula is C16H26N2O. The molecule has 0 spiro atoms. The summed E-state index contributed by atoms with van der Waals surface area (Å²) >= 11 is 0. The van der Waals surface area contributed by atoms with Crippen LogP contribution in [0.25, 0.3) is 0 Å². The monoisotopic (exact) mass is 262 g/mol. The van der Waals surface area contributed by atoms with Crippen molar-refractivity contribution in [3.05, 3.63) is 35.9 Å². The highest BCUT2D eigenvalue weighted by atomic mass is 16.5. The molecule has 1 heterocycles. The maximum atomic E-state index is 5.29. The van der Waals surface area contributed by atoms with Gasteiger partial charge in [0.25, 0.3) is 0 Å². The number of piperidine rings is 1. The topological polar surface area (TPSA) is 24.5 Å². The Kier molecular flexibility index (Phi) is 5.83. The van der Waals surface area contributed by atoms with Crippen molar-refractivity contribution in [2.45, 2.75) is 38.5 Å². The largest absolute Gasteiger partial charge is 0.380 e. The van der Waals surface area contributed by atoms with Gasteiger partial charge in [-0.05, 0) is 31.9 Å². The number of hydrogen-bond acceptors (Lipinski definition) is 3. The molecule has 0 saturated carbocycles. The third-order valence-electron chi connectivity index (χ3n) is 3.85. The highest BCUT2D eigenvalue weighted by molar-refractivity contribution is 5.14. The Morgan fingerprint density at radius 3 is 2.89 bits per heavy atom. The van der Waals surface area contributed by atoms with Gasteiger partial charge in [0.15, 0.2) is 0 Å². The van der Waals surface area contributed by atoms with Crippen LogP contribution in [-0.2, 0) is 11.3 Å². The van der Waals surface area contributed by atoms with Gasteiger partial charge >= 0.3 is 0 Å². The number of rotatable bonds is 6. The Morgan fingerprint density at radius 2 is 2.16 bits per heavy atom. The zero-order valence-corrected chi connectivity index (χ0v) is 12.1. The molecule has 2 atom stereocenters. The molecule has 0 aliphatic carbocycles. The van der Waals surface area contributed by atoms with Crippen LogP contribution < -0.4 is 5.32 Å². The van der Waals surface area contributed by atoms with Crippen molar-refractivity contribution in [3.8, 4) is 0 Å². The van der Waals surface area contributed by atoms with Crippen molar-refractivity contribution in [1.82, 2.24) is 10.2 Å². The average Bonchev–Trinajstić information content (AvgIpc) is 2.46. The Balaban J connectivity index is 1.77. The highest BCUT2D eigenvalue weighted by Gasteiger charge is 2.19. The van der Waals surface area contributed by atoms with Crippen LogP contribution >= 0.6 is 0 Å². The van der Waals surface area contributed by atoms with Crippen LogP contribution in [0.2, 0.25) is 0 Å². The van der Waals surface area contributed by atoms with Crippen LogP contribution in [-0.4, -0.2) is 43.8 Å². The minimum absolute atomic E-state index is 0.296. The zero-order chi connectivity index (χ0) is 13.5. The molecule has 1 aliphatic heterocycles. The quantitative estimate of drug-likeness (QED) is 0.851. The van der Waals surface area contributed by atoms with Crippen molar-refractivity contribution in [2.75, 3.05) is 26.7 Å². The highest BCUT2D eigenvalue weighted by Crippen LogP contribution is 2.13. The first-order valence-corrected chi connectivity index (χ1v) is 7.30. The first-order valence-electron chi connectivity index (χ1n) is 7.30. The van der Waals surface area contributed by atoms with Gasteiger partial charge in [-0.25, -0.2) is 0 Å². The molecule has 1 N–H and O–H groups in total. The first-order chi connectivity index (χ1) is 9.28. The van der Waals surface area contributed by atoms with E-state index in [-0.39, 0.29) is 0 Å². The number of nitrogens with one attached hydrogen (secondary N) is 1. The van der Waals surface area contributed by atoms with Gasteiger partial charge in [-0.2, -0.15) is 0 Å². The molecule has 1 aromatic rings. The summed E-state index contributed by atoms with van der Waals surface area (Å²) in [6, 6.07) is 11.4. The van der Waals surface area contributed by atoms with E-state index < -0.39 is 0 Å². The second-order valence-electron chi connectivity index (χ2n) is 5.51. The molecule has 1 fully saturated rings. The van der Waals surface area contributed by atoms with Gasteiger partial charge in [-0.1, -0.05) is 30.3 Å². The van der Waals surface area contributed by atoms with Crippen LogP contribution in [0.1, 0.15) is 25.3 Å². The van der Waals surface area contributed by atoms with Gasteiger partial charge in [0.05, 0.1) is 6.10 Å². The fourth-order valence-electron chi connectivity index (χ4n) is 2.62. The molecule has 3 nitrogen and oxygen atoms in total. The number of nitrogens with zero attached hydrogens (tertiary/aromatic N) is 1. The summed E-state index contributed by atoms with van der Waals surface area (Å²) in [6.45, 7) is 6.48. The lowest BCUT2D eigenvalue weighted by Gasteiger charge is -2.33. The van der Waals surface area contributed by atoms with E-state index in [4.69, 9.17) is 4.74 Å². The summed E-state index contributed by atoms with van der Waals surface area (Å²) in [5, 5.41) is 3.62. The lowest BCUT2D eigenvalue weighted by molar-refractivity contribution is 0.106. The molecule has 1 aromatic carbocycles. The maximum Gasteiger partial charge on any atom is 0.0667 e. The standard InChI is InChI=1S/C16H26N2O/c1-14(19-2)11-17-16-9-6-10-18(13-16)12-15-7-4-3-5-8-15/h3-5,7-8,14,16-17H,6,9-13H2,1-2H3. The Morgan fingerprint density at radius 1 is 1.37 bits per heavy atom. The molecule has 2 rings (SSSR count). The molecule has 2 unspecified atom stereocenters. The molecule has 19 heavy (non-hydrogen) atoms. The van der Waals surface area contributed by atoms with Crippen LogP contribution in [0.3, 0.4) is 0 Å². The van der Waals surface area contributed by atoms with Crippen molar-refractivity contribution < 1.29 is 4.74 Å². The zero-order valence-electron chi connectivity index (χ0n) is 12.1. The molecule has 0 amide bonds. The second kappa shape index (κ2) is 7.63. The minimum Gasteiger partial charge on any atom is -0.380 e. The van der Waals surface area contributed by atoms with E-state index in [2.05, 4.69) is 47.5 Å². The summed E-state index contributed by atoms with van der Waals surface area (Å²) in [4.78, 5) is 2.55. The number of benzene rings is 1. The van der Waals surface area contributed by atoms with Crippen LogP contribution in [0.4, 0.5) is 0 Å². The third-order valence-corrected chi connectivity index (χ3v) is 3.85. The van der Waals surface area contributed by atoms with E-state index in [1.165, 1.54) is 24.9 Å².